The van der Waals surface area contributed by atoms with Crippen molar-refractivity contribution in [2.75, 3.05) is 11.3 Å². The van der Waals surface area contributed by atoms with E-state index in [1.165, 1.54) is 6.20 Å². The summed E-state index contributed by atoms with van der Waals surface area (Å²) in [6, 6.07) is 8.20. The molecule has 0 aliphatic carbocycles. The molecule has 2 heterocycles. The lowest BCUT2D eigenvalue weighted by Gasteiger charge is -2.27. The van der Waals surface area contributed by atoms with Gasteiger partial charge in [0.1, 0.15) is 12.4 Å². The van der Waals surface area contributed by atoms with E-state index in [9.17, 15) is 13.2 Å². The third-order valence-electron chi connectivity index (χ3n) is 3.70. The number of anilines is 1. The summed E-state index contributed by atoms with van der Waals surface area (Å²) in [5.74, 6) is -0.0722. The molecular formula is C17H19N5O4S. The molecule has 0 saturated heterocycles. The Balaban J connectivity index is 1.75. The number of fused-ring (bicyclic) bond motifs is 1. The smallest absolute Gasteiger partial charge is 0.344 e. The zero-order valence-electron chi connectivity index (χ0n) is 14.8. The van der Waals surface area contributed by atoms with E-state index in [2.05, 4.69) is 19.4 Å². The summed E-state index contributed by atoms with van der Waals surface area (Å²) in [5.41, 5.74) is 6.17. The maximum Gasteiger partial charge on any atom is 0.344 e. The molecular weight excluding hydrogens is 370 g/mol. The van der Waals surface area contributed by atoms with E-state index in [1.807, 2.05) is 0 Å². The number of aromatic nitrogens is 1. The second-order valence-electron chi connectivity index (χ2n) is 6.60. The third kappa shape index (κ3) is 4.34. The average molecular weight is 389 g/mol. The van der Waals surface area contributed by atoms with Crippen molar-refractivity contribution < 1.29 is 17.9 Å². The number of pyridine rings is 1. The Bertz CT molecular complexity index is 1000. The Hall–Kier alpha value is -3.14. The molecule has 27 heavy (non-hydrogen) atoms. The van der Waals surface area contributed by atoms with Gasteiger partial charge < -0.3 is 15.8 Å². The van der Waals surface area contributed by atoms with Crippen molar-refractivity contribution in [2.45, 2.75) is 19.4 Å². The molecule has 0 atom stereocenters. The number of nitrogens with zero attached hydrogens (tertiary/aromatic N) is 2. The Labute approximate surface area is 156 Å². The van der Waals surface area contributed by atoms with Gasteiger partial charge in [-0.1, -0.05) is 6.07 Å². The number of hydrogen-bond donors (Lipinski definition) is 3. The Kier molecular flexibility index (Phi) is 4.75. The highest BCUT2D eigenvalue weighted by molar-refractivity contribution is 7.91. The van der Waals surface area contributed by atoms with Gasteiger partial charge in [0.25, 0.3) is 5.91 Å². The number of hydrogen-bond acceptors (Lipinski definition) is 6. The highest BCUT2D eigenvalue weighted by atomic mass is 32.2. The Morgan fingerprint density at radius 2 is 2.07 bits per heavy atom. The molecule has 1 aromatic heterocycles. The predicted molar refractivity (Wildman–Crippen MR) is 101 cm³/mol. The molecule has 3 rings (SSSR count). The topological polar surface area (TPSA) is 136 Å². The highest BCUT2D eigenvalue weighted by Gasteiger charge is 2.27. The SMILES string of the molecule is CC(C)(COc1cccc2c1C(N)=NS(=O)(=O)N2)NC(=O)c1cccnc1. The van der Waals surface area contributed by atoms with Crippen molar-refractivity contribution in [1.82, 2.24) is 10.3 Å². The standard InChI is InChI=1S/C17H19N5O4S/c1-17(2,20-16(23)11-5-4-8-19-9-11)10-26-13-7-3-6-12-14(13)15(18)22-27(24,25)21-12/h3-9,21H,10H2,1-2H3,(H2,18,22)(H,20,23). The van der Waals surface area contributed by atoms with E-state index in [1.54, 1.807) is 50.4 Å². The molecule has 142 valence electrons. The van der Waals surface area contributed by atoms with E-state index in [0.717, 1.165) is 0 Å². The lowest BCUT2D eigenvalue weighted by molar-refractivity contribution is 0.0880. The Morgan fingerprint density at radius 1 is 1.30 bits per heavy atom. The van der Waals surface area contributed by atoms with E-state index in [-0.39, 0.29) is 24.0 Å². The van der Waals surface area contributed by atoms with Gasteiger partial charge in [-0.05, 0) is 38.1 Å². The number of carbonyl (C=O) groups is 1. The van der Waals surface area contributed by atoms with Crippen molar-refractivity contribution in [3.05, 3.63) is 53.9 Å². The van der Waals surface area contributed by atoms with Crippen LogP contribution in [0.2, 0.25) is 0 Å². The summed E-state index contributed by atoms with van der Waals surface area (Å²) in [6.45, 7) is 3.73. The lowest BCUT2D eigenvalue weighted by atomic mass is 10.1. The molecule has 4 N–H and O–H groups in total. The number of amidine groups is 1. The first-order valence-corrected chi connectivity index (χ1v) is 9.48. The number of benzene rings is 1. The van der Waals surface area contributed by atoms with Crippen LogP contribution in [0.15, 0.2) is 47.1 Å². The van der Waals surface area contributed by atoms with Crippen molar-refractivity contribution in [3.8, 4) is 5.75 Å². The summed E-state index contributed by atoms with van der Waals surface area (Å²) in [7, 11) is -3.86. The first-order valence-electron chi connectivity index (χ1n) is 8.04. The van der Waals surface area contributed by atoms with Crippen LogP contribution in [0.25, 0.3) is 0 Å². The fraction of sp³-hybridized carbons (Fsp3) is 0.235. The second kappa shape index (κ2) is 6.88. The van der Waals surface area contributed by atoms with E-state index in [0.29, 0.717) is 16.9 Å². The quantitative estimate of drug-likeness (QED) is 0.699. The summed E-state index contributed by atoms with van der Waals surface area (Å²) >= 11 is 0. The van der Waals surface area contributed by atoms with Gasteiger partial charge in [-0.15, -0.1) is 4.40 Å². The number of ether oxygens (including phenoxy) is 1. The van der Waals surface area contributed by atoms with Gasteiger partial charge in [0.05, 0.1) is 22.4 Å². The van der Waals surface area contributed by atoms with E-state index >= 15 is 0 Å². The van der Waals surface area contributed by atoms with Crippen LogP contribution in [0.3, 0.4) is 0 Å². The zero-order valence-corrected chi connectivity index (χ0v) is 15.6. The summed E-state index contributed by atoms with van der Waals surface area (Å²) < 4.78 is 34.8. The van der Waals surface area contributed by atoms with Crippen LogP contribution in [0.5, 0.6) is 5.75 Å². The third-order valence-corrected chi connectivity index (χ3v) is 4.62. The van der Waals surface area contributed by atoms with Crippen LogP contribution in [-0.2, 0) is 10.2 Å². The number of rotatable bonds is 5. The normalized spacial score (nSPS) is 15.1. The van der Waals surface area contributed by atoms with Gasteiger partial charge in [-0.3, -0.25) is 14.5 Å². The molecule has 1 aliphatic heterocycles. The van der Waals surface area contributed by atoms with Crippen LogP contribution in [-0.4, -0.2) is 37.3 Å². The molecule has 0 saturated carbocycles. The number of carbonyl (C=O) groups excluding carboxylic acids is 1. The largest absolute Gasteiger partial charge is 0.490 e. The first-order chi connectivity index (χ1) is 12.7. The molecule has 0 fully saturated rings. The minimum atomic E-state index is -3.86. The summed E-state index contributed by atoms with van der Waals surface area (Å²) in [6.07, 6.45) is 3.06. The molecule has 10 heteroatoms. The number of amides is 1. The molecule has 9 nitrogen and oxygen atoms in total. The van der Waals surface area contributed by atoms with Crippen LogP contribution in [0.1, 0.15) is 29.8 Å². The van der Waals surface area contributed by atoms with Crippen LogP contribution in [0.4, 0.5) is 5.69 Å². The van der Waals surface area contributed by atoms with Gasteiger partial charge in [0, 0.05) is 12.4 Å². The van der Waals surface area contributed by atoms with Gasteiger partial charge in [-0.2, -0.15) is 8.42 Å². The molecule has 1 aliphatic rings. The Morgan fingerprint density at radius 3 is 2.78 bits per heavy atom. The van der Waals surface area contributed by atoms with Crippen LogP contribution in [0, 0.1) is 0 Å². The van der Waals surface area contributed by atoms with Gasteiger partial charge in [-0.25, -0.2) is 0 Å². The fourth-order valence-electron chi connectivity index (χ4n) is 2.51. The summed E-state index contributed by atoms with van der Waals surface area (Å²) in [5, 5.41) is 2.87. The second-order valence-corrected chi connectivity index (χ2v) is 7.94. The number of nitrogens with two attached hydrogens (primary N) is 1. The van der Waals surface area contributed by atoms with E-state index in [4.69, 9.17) is 10.5 Å². The minimum absolute atomic E-state index is 0.121. The van der Waals surface area contributed by atoms with Crippen molar-refractivity contribution in [2.24, 2.45) is 10.1 Å². The van der Waals surface area contributed by atoms with Crippen LogP contribution >= 0.6 is 0 Å². The minimum Gasteiger partial charge on any atom is -0.490 e. The van der Waals surface area contributed by atoms with Gasteiger partial charge >= 0.3 is 10.2 Å². The van der Waals surface area contributed by atoms with Gasteiger partial charge in [0.15, 0.2) is 5.84 Å². The van der Waals surface area contributed by atoms with Crippen molar-refractivity contribution >= 4 is 27.6 Å². The van der Waals surface area contributed by atoms with Gasteiger partial charge in [0.2, 0.25) is 0 Å². The first kappa shape index (κ1) is 18.6. The molecule has 1 aromatic carbocycles. The molecule has 0 bridgehead atoms. The number of nitrogens with one attached hydrogen (secondary N) is 2. The molecule has 0 unspecified atom stereocenters. The monoisotopic (exact) mass is 389 g/mol. The highest BCUT2D eigenvalue weighted by Crippen LogP contribution is 2.30. The maximum absolute atomic E-state index is 12.3. The molecule has 0 spiro atoms. The molecule has 0 radical (unpaired) electrons. The zero-order chi connectivity index (χ0) is 19.7. The van der Waals surface area contributed by atoms with E-state index < -0.39 is 15.7 Å². The van der Waals surface area contributed by atoms with Crippen LogP contribution < -0.4 is 20.5 Å². The molecule has 2 aromatic rings. The summed E-state index contributed by atoms with van der Waals surface area (Å²) in [4.78, 5) is 16.2. The predicted octanol–water partition coefficient (Wildman–Crippen LogP) is 1.04. The van der Waals surface area contributed by atoms with Crippen molar-refractivity contribution in [3.63, 3.8) is 0 Å². The lowest BCUT2D eigenvalue weighted by Crippen LogP contribution is -2.48. The van der Waals surface area contributed by atoms with Crippen molar-refractivity contribution in [1.29, 1.82) is 0 Å². The average Bonchev–Trinajstić information content (AvgIpc) is 2.59. The maximum atomic E-state index is 12.3. The fourth-order valence-corrected chi connectivity index (χ4v) is 3.35. The molecule has 1 amide bonds.